The molecule has 0 N–H and O–H groups in total. The molecule has 0 bridgehead atoms. The van der Waals surface area contributed by atoms with Crippen molar-refractivity contribution in [2.45, 2.75) is 41.5 Å². The average Bonchev–Trinajstić information content (AvgIpc) is 2.36. The van der Waals surface area contributed by atoms with Crippen LogP contribution in [0.25, 0.3) is 0 Å². The van der Waals surface area contributed by atoms with Gasteiger partial charge in [0.2, 0.25) is 0 Å². The Balaban J connectivity index is 4.12. The fourth-order valence-corrected chi connectivity index (χ4v) is 1.39. The van der Waals surface area contributed by atoms with E-state index in [-0.39, 0.29) is 23.7 Å². The first-order valence-electron chi connectivity index (χ1n) is 7.27. The van der Waals surface area contributed by atoms with Crippen LogP contribution in [0.5, 0.6) is 0 Å². The third kappa shape index (κ3) is 9.19. The largest absolute Gasteiger partial charge is 0.496 e. The van der Waals surface area contributed by atoms with Crippen molar-refractivity contribution in [3.8, 4) is 0 Å². The molecule has 0 aromatic rings. The number of ketones is 1. The minimum atomic E-state index is -0.0428. The molecule has 0 saturated heterocycles. The lowest BCUT2D eigenvalue weighted by Gasteiger charge is -2.18. The molecule has 0 aliphatic carbocycles. The van der Waals surface area contributed by atoms with Crippen LogP contribution in [0.3, 0.4) is 0 Å². The van der Waals surface area contributed by atoms with Gasteiger partial charge in [-0.05, 0) is 25.8 Å². The zero-order valence-electron chi connectivity index (χ0n) is 14.2. The summed E-state index contributed by atoms with van der Waals surface area (Å²) in [7, 11) is 0. The smallest absolute Gasteiger partial charge is 0.160 e. The Morgan fingerprint density at radius 1 is 1.24 bits per heavy atom. The van der Waals surface area contributed by atoms with Gasteiger partial charge in [0, 0.05) is 17.0 Å². The van der Waals surface area contributed by atoms with Gasteiger partial charge in [0.15, 0.2) is 5.78 Å². The van der Waals surface area contributed by atoms with Gasteiger partial charge in [-0.2, -0.15) is 0 Å². The first-order valence-corrected chi connectivity index (χ1v) is 7.27. The van der Waals surface area contributed by atoms with Crippen LogP contribution in [0.2, 0.25) is 0 Å². The molecule has 0 unspecified atom stereocenters. The Kier molecular flexibility index (Phi) is 8.86. The molecule has 0 rings (SSSR count). The summed E-state index contributed by atoms with van der Waals surface area (Å²) in [6.07, 6.45) is 3.78. The zero-order valence-corrected chi connectivity index (χ0v) is 14.2. The van der Waals surface area contributed by atoms with E-state index in [1.807, 2.05) is 32.9 Å². The van der Waals surface area contributed by atoms with Crippen molar-refractivity contribution < 1.29 is 14.3 Å². The number of rotatable bonds is 9. The van der Waals surface area contributed by atoms with Crippen molar-refractivity contribution in [1.82, 2.24) is 0 Å². The van der Waals surface area contributed by atoms with E-state index >= 15 is 0 Å². The minimum absolute atomic E-state index is 0.0138. The van der Waals surface area contributed by atoms with Gasteiger partial charge in [-0.3, -0.25) is 9.79 Å². The van der Waals surface area contributed by atoms with Gasteiger partial charge in [0.1, 0.15) is 13.2 Å². The molecule has 4 heteroatoms. The highest BCUT2D eigenvalue weighted by Gasteiger charge is 2.14. The van der Waals surface area contributed by atoms with Crippen molar-refractivity contribution in [2.75, 3.05) is 19.8 Å². The summed E-state index contributed by atoms with van der Waals surface area (Å²) >= 11 is 0. The second-order valence-corrected chi connectivity index (χ2v) is 6.26. The maximum Gasteiger partial charge on any atom is 0.160 e. The monoisotopic (exact) mass is 295 g/mol. The summed E-state index contributed by atoms with van der Waals surface area (Å²) in [6.45, 7) is 16.4. The number of hydrogen-bond donors (Lipinski definition) is 0. The predicted molar refractivity (Wildman–Crippen MR) is 87.5 cm³/mol. The highest BCUT2D eigenvalue weighted by Crippen LogP contribution is 2.25. The van der Waals surface area contributed by atoms with E-state index in [1.165, 1.54) is 0 Å². The number of ether oxygens (including phenoxy) is 2. The summed E-state index contributed by atoms with van der Waals surface area (Å²) in [5.41, 5.74) is 0.864. The predicted octanol–water partition coefficient (Wildman–Crippen LogP) is 3.78. The van der Waals surface area contributed by atoms with Gasteiger partial charge in [0.25, 0.3) is 0 Å². The Hall–Kier alpha value is -1.42. The normalized spacial score (nSPS) is 13.5. The van der Waals surface area contributed by atoms with Gasteiger partial charge in [-0.25, -0.2) is 0 Å². The summed E-state index contributed by atoms with van der Waals surface area (Å²) < 4.78 is 10.8. The Morgan fingerprint density at radius 3 is 2.33 bits per heavy atom. The molecule has 0 heterocycles. The van der Waals surface area contributed by atoms with Crippen LogP contribution in [0.15, 0.2) is 28.6 Å². The van der Waals surface area contributed by atoms with E-state index in [0.717, 1.165) is 11.5 Å². The molecule has 0 atom stereocenters. The van der Waals surface area contributed by atoms with E-state index in [9.17, 15) is 4.79 Å². The van der Waals surface area contributed by atoms with Crippen LogP contribution in [0.1, 0.15) is 41.5 Å². The van der Waals surface area contributed by atoms with Crippen LogP contribution in [-0.4, -0.2) is 32.3 Å². The number of carbonyl (C=O) groups is 1. The Labute approximate surface area is 128 Å². The third-order valence-corrected chi connectivity index (χ3v) is 2.86. The Morgan fingerprint density at radius 2 is 1.86 bits per heavy atom. The molecule has 4 nitrogen and oxygen atoms in total. The van der Waals surface area contributed by atoms with Crippen LogP contribution >= 0.6 is 0 Å². The van der Waals surface area contributed by atoms with Crippen molar-refractivity contribution in [1.29, 1.82) is 0 Å². The quantitative estimate of drug-likeness (QED) is 0.281. The lowest BCUT2D eigenvalue weighted by Crippen LogP contribution is -2.16. The summed E-state index contributed by atoms with van der Waals surface area (Å²) in [5.74, 6) is 0.899. The van der Waals surface area contributed by atoms with Crippen molar-refractivity contribution in [3.63, 3.8) is 0 Å². The lowest BCUT2D eigenvalue weighted by atomic mass is 9.92. The van der Waals surface area contributed by atoms with Crippen molar-refractivity contribution >= 4 is 12.5 Å². The second kappa shape index (κ2) is 9.50. The van der Waals surface area contributed by atoms with Gasteiger partial charge < -0.3 is 9.47 Å². The summed E-state index contributed by atoms with van der Waals surface area (Å²) in [4.78, 5) is 15.4. The van der Waals surface area contributed by atoms with Crippen LogP contribution in [-0.2, 0) is 14.3 Å². The third-order valence-electron chi connectivity index (χ3n) is 2.86. The van der Waals surface area contributed by atoms with Gasteiger partial charge in [-0.1, -0.05) is 34.6 Å². The maximum atomic E-state index is 11.3. The van der Waals surface area contributed by atoms with Gasteiger partial charge in [-0.15, -0.1) is 0 Å². The summed E-state index contributed by atoms with van der Waals surface area (Å²) in [5, 5.41) is 0. The van der Waals surface area contributed by atoms with E-state index in [1.54, 1.807) is 0 Å². The van der Waals surface area contributed by atoms with Crippen LogP contribution in [0, 0.1) is 11.3 Å². The Bertz CT molecular complexity index is 401. The lowest BCUT2D eigenvalue weighted by molar-refractivity contribution is -0.126. The second-order valence-electron chi connectivity index (χ2n) is 6.26. The molecule has 21 heavy (non-hydrogen) atoms. The molecule has 0 fully saturated rings. The maximum absolute atomic E-state index is 11.3. The van der Waals surface area contributed by atoms with E-state index in [4.69, 9.17) is 9.47 Å². The van der Waals surface area contributed by atoms with Gasteiger partial charge in [0.05, 0.1) is 12.4 Å². The highest BCUT2D eigenvalue weighted by atomic mass is 16.5. The molecule has 0 spiro atoms. The number of carbonyl (C=O) groups excluding carboxylic acids is 1. The summed E-state index contributed by atoms with van der Waals surface area (Å²) in [6, 6.07) is 0. The molecule has 0 amide bonds. The number of Topliss-reactive ketones (excluding diaryl/α,β-unsaturated/α-hetero) is 1. The van der Waals surface area contributed by atoms with Crippen LogP contribution < -0.4 is 0 Å². The van der Waals surface area contributed by atoms with E-state index in [0.29, 0.717) is 13.2 Å². The minimum Gasteiger partial charge on any atom is -0.496 e. The number of allylic oxidation sites excluding steroid dienone is 4. The van der Waals surface area contributed by atoms with Crippen molar-refractivity contribution in [3.05, 3.63) is 23.6 Å². The molecule has 120 valence electrons. The average molecular weight is 295 g/mol. The van der Waals surface area contributed by atoms with Gasteiger partial charge >= 0.3 is 0 Å². The molecule has 0 aromatic heterocycles. The topological polar surface area (TPSA) is 47.9 Å². The van der Waals surface area contributed by atoms with Crippen molar-refractivity contribution in [2.24, 2.45) is 16.3 Å². The standard InChI is InChI=1S/C17H29NO3/c1-13(2)15(19)12-20-10-11-21-14(3)8-9-16(18-7)17(4,5)6/h8-9,13H,7,10-12H2,1-6H3/b14-8+,16-9-. The zero-order chi connectivity index (χ0) is 16.5. The molecule has 0 saturated carbocycles. The highest BCUT2D eigenvalue weighted by molar-refractivity contribution is 5.81. The van der Waals surface area contributed by atoms with E-state index < -0.39 is 0 Å². The fourth-order valence-electron chi connectivity index (χ4n) is 1.39. The number of hydrogen-bond acceptors (Lipinski definition) is 4. The molecule has 0 aromatic carbocycles. The van der Waals surface area contributed by atoms with Crippen LogP contribution in [0.4, 0.5) is 0 Å². The number of aliphatic imine (C=N–C) groups is 1. The first-order chi connectivity index (χ1) is 9.68. The first kappa shape index (κ1) is 19.6. The molecular formula is C17H29NO3. The molecule has 0 radical (unpaired) electrons. The molecular weight excluding hydrogens is 266 g/mol. The SMILES string of the molecule is C=N/C(=C\C=C(/C)OCCOCC(=O)C(C)C)C(C)(C)C. The number of nitrogens with zero attached hydrogens (tertiary/aromatic N) is 1. The fraction of sp³-hybridized carbons (Fsp3) is 0.647. The van der Waals surface area contributed by atoms with E-state index in [2.05, 4.69) is 32.5 Å². The molecule has 0 aliphatic heterocycles. The molecule has 0 aliphatic rings.